The van der Waals surface area contributed by atoms with Gasteiger partial charge < -0.3 is 9.53 Å². The number of ether oxygens (including phenoxy) is 1. The maximum Gasteiger partial charge on any atom is 0.196 e. The van der Waals surface area contributed by atoms with Crippen LogP contribution in [0, 0.1) is 6.92 Å². The lowest BCUT2D eigenvalue weighted by Crippen LogP contribution is -2.00. The standard InChI is InChI=1S/C21H23N3O2S/c1-15-6-10-18(11-7-15)24-20(17-8-12-19(26-3)13-9-17)22-23-21(24)27-14-4-5-16(2)25/h6-13H,4-5,14H2,1-3H3. The number of ketones is 1. The summed E-state index contributed by atoms with van der Waals surface area (Å²) in [6, 6.07) is 16.1. The third-order valence-electron chi connectivity index (χ3n) is 4.18. The fraction of sp³-hybridized carbons (Fsp3) is 0.286. The predicted octanol–water partition coefficient (Wildman–Crippen LogP) is 4.71. The predicted molar refractivity (Wildman–Crippen MR) is 109 cm³/mol. The summed E-state index contributed by atoms with van der Waals surface area (Å²) in [6.07, 6.45) is 1.43. The second kappa shape index (κ2) is 8.86. The molecule has 0 fully saturated rings. The molecule has 6 heteroatoms. The molecule has 1 aromatic heterocycles. The summed E-state index contributed by atoms with van der Waals surface area (Å²) in [5, 5.41) is 9.68. The number of thioether (sulfide) groups is 1. The first-order valence-corrected chi connectivity index (χ1v) is 9.86. The SMILES string of the molecule is COc1ccc(-c2nnc(SCCCC(C)=O)n2-c2ccc(C)cc2)cc1. The van der Waals surface area contributed by atoms with E-state index in [1.165, 1.54) is 5.56 Å². The molecular weight excluding hydrogens is 358 g/mol. The molecule has 0 N–H and O–H groups in total. The molecule has 27 heavy (non-hydrogen) atoms. The van der Waals surface area contributed by atoms with Gasteiger partial charge in [-0.1, -0.05) is 29.5 Å². The lowest BCUT2D eigenvalue weighted by molar-refractivity contribution is -0.117. The summed E-state index contributed by atoms with van der Waals surface area (Å²) in [4.78, 5) is 11.2. The Morgan fingerprint density at radius 2 is 1.78 bits per heavy atom. The van der Waals surface area contributed by atoms with Crippen molar-refractivity contribution < 1.29 is 9.53 Å². The number of Topliss-reactive ketones (excluding diaryl/α,β-unsaturated/α-hetero) is 1. The van der Waals surface area contributed by atoms with E-state index in [1.54, 1.807) is 25.8 Å². The number of rotatable bonds is 8. The van der Waals surface area contributed by atoms with Gasteiger partial charge in [0.05, 0.1) is 7.11 Å². The van der Waals surface area contributed by atoms with E-state index < -0.39 is 0 Å². The fourth-order valence-corrected chi connectivity index (χ4v) is 3.59. The van der Waals surface area contributed by atoms with Crippen LogP contribution in [0.2, 0.25) is 0 Å². The van der Waals surface area contributed by atoms with Crippen molar-refractivity contribution in [3.8, 4) is 22.8 Å². The van der Waals surface area contributed by atoms with Gasteiger partial charge in [0, 0.05) is 23.4 Å². The molecule has 3 aromatic rings. The van der Waals surface area contributed by atoms with Crippen molar-refractivity contribution in [3.05, 3.63) is 54.1 Å². The number of aromatic nitrogens is 3. The summed E-state index contributed by atoms with van der Waals surface area (Å²) < 4.78 is 7.32. The largest absolute Gasteiger partial charge is 0.497 e. The van der Waals surface area contributed by atoms with Gasteiger partial charge in [-0.25, -0.2) is 0 Å². The third-order valence-corrected chi connectivity index (χ3v) is 5.19. The first-order valence-electron chi connectivity index (χ1n) is 8.87. The van der Waals surface area contributed by atoms with Crippen LogP contribution in [0.3, 0.4) is 0 Å². The number of carbonyl (C=O) groups is 1. The van der Waals surface area contributed by atoms with Gasteiger partial charge in [0.15, 0.2) is 11.0 Å². The lowest BCUT2D eigenvalue weighted by atomic mass is 10.2. The van der Waals surface area contributed by atoms with Gasteiger partial charge in [-0.05, 0) is 56.7 Å². The van der Waals surface area contributed by atoms with E-state index in [-0.39, 0.29) is 5.78 Å². The minimum Gasteiger partial charge on any atom is -0.497 e. The summed E-state index contributed by atoms with van der Waals surface area (Å²) in [7, 11) is 1.65. The van der Waals surface area contributed by atoms with E-state index in [9.17, 15) is 4.79 Å². The van der Waals surface area contributed by atoms with E-state index in [2.05, 4.69) is 46.0 Å². The van der Waals surface area contributed by atoms with Crippen molar-refractivity contribution in [2.24, 2.45) is 0 Å². The lowest BCUT2D eigenvalue weighted by Gasteiger charge is -2.11. The smallest absolute Gasteiger partial charge is 0.196 e. The first-order chi connectivity index (χ1) is 13.1. The van der Waals surface area contributed by atoms with Crippen molar-refractivity contribution in [2.45, 2.75) is 31.8 Å². The highest BCUT2D eigenvalue weighted by atomic mass is 32.2. The molecule has 0 aliphatic carbocycles. The second-order valence-corrected chi connectivity index (χ2v) is 7.42. The molecule has 1 heterocycles. The Hall–Kier alpha value is -2.60. The van der Waals surface area contributed by atoms with Crippen molar-refractivity contribution in [1.82, 2.24) is 14.8 Å². The van der Waals surface area contributed by atoms with Crippen LogP contribution in [0.15, 0.2) is 53.7 Å². The summed E-state index contributed by atoms with van der Waals surface area (Å²) in [5.41, 5.74) is 3.19. The number of methoxy groups -OCH3 is 1. The highest BCUT2D eigenvalue weighted by Crippen LogP contribution is 2.29. The number of hydrogen-bond acceptors (Lipinski definition) is 5. The van der Waals surface area contributed by atoms with Gasteiger partial charge >= 0.3 is 0 Å². The molecule has 0 atom stereocenters. The van der Waals surface area contributed by atoms with Gasteiger partial charge in [-0.2, -0.15) is 0 Å². The van der Waals surface area contributed by atoms with Crippen LogP contribution in [-0.2, 0) is 4.79 Å². The van der Waals surface area contributed by atoms with Crippen LogP contribution in [-0.4, -0.2) is 33.4 Å². The minimum absolute atomic E-state index is 0.217. The van der Waals surface area contributed by atoms with Crippen LogP contribution >= 0.6 is 11.8 Å². The van der Waals surface area contributed by atoms with Crippen LogP contribution < -0.4 is 4.74 Å². The Kier molecular flexibility index (Phi) is 6.29. The Bertz CT molecular complexity index is 902. The Morgan fingerprint density at radius 1 is 1.07 bits per heavy atom. The van der Waals surface area contributed by atoms with Gasteiger partial charge in [-0.3, -0.25) is 4.57 Å². The maximum absolute atomic E-state index is 11.2. The van der Waals surface area contributed by atoms with Crippen molar-refractivity contribution >= 4 is 17.5 Å². The zero-order valence-electron chi connectivity index (χ0n) is 15.8. The van der Waals surface area contributed by atoms with Crippen LogP contribution in [0.25, 0.3) is 17.1 Å². The van der Waals surface area contributed by atoms with E-state index in [0.29, 0.717) is 6.42 Å². The normalized spacial score (nSPS) is 10.8. The molecule has 140 valence electrons. The molecule has 0 radical (unpaired) electrons. The van der Waals surface area contributed by atoms with Gasteiger partial charge in [0.2, 0.25) is 0 Å². The van der Waals surface area contributed by atoms with Gasteiger partial charge in [-0.15, -0.1) is 10.2 Å². The van der Waals surface area contributed by atoms with Gasteiger partial charge in [0.25, 0.3) is 0 Å². The molecule has 0 saturated heterocycles. The zero-order chi connectivity index (χ0) is 19.2. The number of benzene rings is 2. The Labute approximate surface area is 163 Å². The zero-order valence-corrected chi connectivity index (χ0v) is 16.6. The van der Waals surface area contributed by atoms with Crippen LogP contribution in [0.4, 0.5) is 0 Å². The number of hydrogen-bond donors (Lipinski definition) is 0. The van der Waals surface area contributed by atoms with E-state index in [4.69, 9.17) is 4.74 Å². The van der Waals surface area contributed by atoms with E-state index >= 15 is 0 Å². The van der Waals surface area contributed by atoms with Gasteiger partial charge in [0.1, 0.15) is 11.5 Å². The van der Waals surface area contributed by atoms with Crippen molar-refractivity contribution in [1.29, 1.82) is 0 Å². The molecule has 0 amide bonds. The molecule has 2 aromatic carbocycles. The van der Waals surface area contributed by atoms with Crippen LogP contribution in [0.5, 0.6) is 5.75 Å². The summed E-state index contributed by atoms with van der Waals surface area (Å²) in [5.74, 6) is 2.63. The molecule has 3 rings (SSSR count). The number of nitrogens with zero attached hydrogens (tertiary/aromatic N) is 3. The molecule has 0 aliphatic heterocycles. The minimum atomic E-state index is 0.217. The third kappa shape index (κ3) is 4.77. The highest BCUT2D eigenvalue weighted by Gasteiger charge is 2.16. The summed E-state index contributed by atoms with van der Waals surface area (Å²) in [6.45, 7) is 3.69. The number of carbonyl (C=O) groups excluding carboxylic acids is 1. The van der Waals surface area contributed by atoms with Crippen molar-refractivity contribution in [2.75, 3.05) is 12.9 Å². The molecule has 0 bridgehead atoms. The second-order valence-electron chi connectivity index (χ2n) is 6.36. The molecule has 0 aliphatic rings. The van der Waals surface area contributed by atoms with E-state index in [1.807, 2.05) is 24.3 Å². The highest BCUT2D eigenvalue weighted by molar-refractivity contribution is 7.99. The average molecular weight is 382 g/mol. The molecule has 0 unspecified atom stereocenters. The molecule has 0 saturated carbocycles. The molecular formula is C21H23N3O2S. The topological polar surface area (TPSA) is 57.0 Å². The average Bonchev–Trinajstić information content (AvgIpc) is 3.09. The molecule has 5 nitrogen and oxygen atoms in total. The fourth-order valence-electron chi connectivity index (χ4n) is 2.70. The summed E-state index contributed by atoms with van der Waals surface area (Å²) >= 11 is 1.62. The molecule has 0 spiro atoms. The quantitative estimate of drug-likeness (QED) is 0.418. The number of aryl methyl sites for hydroxylation is 1. The Morgan fingerprint density at radius 3 is 2.41 bits per heavy atom. The Balaban J connectivity index is 1.94. The first kappa shape index (κ1) is 19.2. The van der Waals surface area contributed by atoms with E-state index in [0.717, 1.165) is 40.2 Å². The monoisotopic (exact) mass is 381 g/mol. The maximum atomic E-state index is 11.2. The van der Waals surface area contributed by atoms with Crippen molar-refractivity contribution in [3.63, 3.8) is 0 Å². The van der Waals surface area contributed by atoms with Crippen LogP contribution in [0.1, 0.15) is 25.3 Å².